The van der Waals surface area contributed by atoms with Crippen LogP contribution in [0.15, 0.2) is 18.2 Å². The molecule has 0 aliphatic heterocycles. The monoisotopic (exact) mass is 174 g/mol. The number of nitrogens with two attached hydrogens (primary N) is 1. The van der Waals surface area contributed by atoms with Gasteiger partial charge in [-0.2, -0.15) is 0 Å². The Morgan fingerprint density at radius 1 is 1.55 bits per heavy atom. The van der Waals surface area contributed by atoms with Gasteiger partial charge in [0.25, 0.3) is 5.91 Å². The number of rotatable bonds is 1. The molecule has 0 radical (unpaired) electrons. The average molecular weight is 175 g/mol. The van der Waals surface area contributed by atoms with E-state index in [2.05, 4.69) is 4.98 Å². The molecule has 0 fully saturated rings. The lowest BCUT2D eigenvalue weighted by molar-refractivity contribution is 0.0995. The molecule has 4 N–H and O–H groups in total. The van der Waals surface area contributed by atoms with Gasteiger partial charge in [-0.1, -0.05) is 17.7 Å². The van der Waals surface area contributed by atoms with E-state index < -0.39 is 5.91 Å². The molecule has 1 amide bonds. The Morgan fingerprint density at radius 2 is 2.18 bits per heavy atom. The van der Waals surface area contributed by atoms with Crippen LogP contribution in [-0.2, 0) is 0 Å². The van der Waals surface area contributed by atoms with Crippen molar-refractivity contribution in [1.82, 2.24) is 4.98 Å². The summed E-state index contributed by atoms with van der Waals surface area (Å²) in [6.07, 6.45) is 0. The molecule has 0 saturated carbocycles. The molecule has 0 aromatic carbocycles. The third kappa shape index (κ3) is 2.53. The largest absolute Gasteiger partial charge is 0.412 e. The molecule has 0 saturated heterocycles. The highest BCUT2D eigenvalue weighted by molar-refractivity contribution is 6.29. The summed E-state index contributed by atoms with van der Waals surface area (Å²) in [6, 6.07) is 4.71. The van der Waals surface area contributed by atoms with E-state index in [9.17, 15) is 4.79 Å². The van der Waals surface area contributed by atoms with Crippen LogP contribution in [0, 0.1) is 0 Å². The first kappa shape index (κ1) is 9.87. The van der Waals surface area contributed by atoms with Crippen LogP contribution in [0.25, 0.3) is 0 Å². The number of amides is 1. The van der Waals surface area contributed by atoms with Crippen LogP contribution in [0.3, 0.4) is 0 Å². The predicted octanol–water partition coefficient (Wildman–Crippen LogP) is 0.00920. The molecule has 0 atom stereocenters. The number of nitrogens with zero attached hydrogens (tertiary/aromatic N) is 1. The quantitative estimate of drug-likeness (QED) is 0.608. The summed E-state index contributed by atoms with van der Waals surface area (Å²) in [7, 11) is 0. The van der Waals surface area contributed by atoms with Gasteiger partial charge in [-0.15, -0.1) is 0 Å². The van der Waals surface area contributed by atoms with Gasteiger partial charge in [-0.05, 0) is 12.1 Å². The van der Waals surface area contributed by atoms with E-state index in [1.54, 1.807) is 12.1 Å². The molecule has 0 aliphatic rings. The van der Waals surface area contributed by atoms with Crippen molar-refractivity contribution < 1.29 is 10.3 Å². The van der Waals surface area contributed by atoms with Crippen molar-refractivity contribution in [3.8, 4) is 0 Å². The van der Waals surface area contributed by atoms with E-state index >= 15 is 0 Å². The minimum Gasteiger partial charge on any atom is -0.412 e. The number of carbonyl (C=O) groups is 1. The Hall–Kier alpha value is -1.13. The van der Waals surface area contributed by atoms with Gasteiger partial charge in [0.15, 0.2) is 0 Å². The van der Waals surface area contributed by atoms with Crippen LogP contribution in [0.1, 0.15) is 10.5 Å². The highest BCUT2D eigenvalue weighted by Gasteiger charge is 1.99. The number of hydrogen-bond donors (Lipinski definition) is 1. The van der Waals surface area contributed by atoms with Gasteiger partial charge in [-0.3, -0.25) is 4.79 Å². The molecule has 1 aromatic rings. The first-order chi connectivity index (χ1) is 4.70. The SMILES string of the molecule is NC(=O)c1cccc(Cl)n1.O. The first-order valence-electron chi connectivity index (χ1n) is 2.62. The number of hydrogen-bond acceptors (Lipinski definition) is 2. The third-order valence-electron chi connectivity index (χ3n) is 0.968. The van der Waals surface area contributed by atoms with E-state index in [0.29, 0.717) is 0 Å². The zero-order chi connectivity index (χ0) is 7.56. The number of primary amides is 1. The molecular weight excluding hydrogens is 168 g/mol. The van der Waals surface area contributed by atoms with Crippen molar-refractivity contribution in [2.45, 2.75) is 0 Å². The summed E-state index contributed by atoms with van der Waals surface area (Å²) < 4.78 is 0. The van der Waals surface area contributed by atoms with Crippen LogP contribution >= 0.6 is 11.6 Å². The second-order valence-electron chi connectivity index (χ2n) is 1.71. The zero-order valence-corrected chi connectivity index (χ0v) is 6.30. The minimum absolute atomic E-state index is 0. The summed E-state index contributed by atoms with van der Waals surface area (Å²) in [6.45, 7) is 0. The summed E-state index contributed by atoms with van der Waals surface area (Å²) in [5.41, 5.74) is 5.11. The van der Waals surface area contributed by atoms with Crippen LogP contribution in [0.5, 0.6) is 0 Å². The van der Waals surface area contributed by atoms with Crippen molar-refractivity contribution in [2.24, 2.45) is 5.73 Å². The van der Waals surface area contributed by atoms with Gasteiger partial charge < -0.3 is 11.2 Å². The molecular formula is C6H7ClN2O2. The number of aromatic nitrogens is 1. The van der Waals surface area contributed by atoms with Gasteiger partial charge in [0.2, 0.25) is 0 Å². The summed E-state index contributed by atoms with van der Waals surface area (Å²) in [5, 5.41) is 0.274. The maximum Gasteiger partial charge on any atom is 0.267 e. The minimum atomic E-state index is -0.567. The van der Waals surface area contributed by atoms with Gasteiger partial charge in [0.05, 0.1) is 0 Å². The zero-order valence-electron chi connectivity index (χ0n) is 5.54. The normalized spacial score (nSPS) is 8.45. The molecule has 5 heteroatoms. The van der Waals surface area contributed by atoms with E-state index in [-0.39, 0.29) is 16.3 Å². The first-order valence-corrected chi connectivity index (χ1v) is 3.00. The number of pyridine rings is 1. The average Bonchev–Trinajstić information content (AvgIpc) is 1.88. The molecule has 0 spiro atoms. The number of carbonyl (C=O) groups excluding carboxylic acids is 1. The van der Waals surface area contributed by atoms with Gasteiger partial charge in [0, 0.05) is 0 Å². The van der Waals surface area contributed by atoms with Gasteiger partial charge in [-0.25, -0.2) is 4.98 Å². The summed E-state index contributed by atoms with van der Waals surface area (Å²) in [5.74, 6) is -0.567. The molecule has 1 aromatic heterocycles. The number of halogens is 1. The lowest BCUT2D eigenvalue weighted by Crippen LogP contribution is -2.12. The second-order valence-corrected chi connectivity index (χ2v) is 2.10. The Kier molecular flexibility index (Phi) is 3.50. The van der Waals surface area contributed by atoms with E-state index in [0.717, 1.165) is 0 Å². The Labute approximate surface area is 68.3 Å². The van der Waals surface area contributed by atoms with E-state index in [4.69, 9.17) is 17.3 Å². The molecule has 1 rings (SSSR count). The lowest BCUT2D eigenvalue weighted by Gasteiger charge is -1.92. The smallest absolute Gasteiger partial charge is 0.267 e. The van der Waals surface area contributed by atoms with Gasteiger partial charge >= 0.3 is 0 Å². The standard InChI is InChI=1S/C6H5ClN2O.H2O/c7-5-3-1-2-4(9-5)6(8)10;/h1-3H,(H2,8,10);1H2. The third-order valence-corrected chi connectivity index (χ3v) is 1.18. The molecule has 0 aliphatic carbocycles. The van der Waals surface area contributed by atoms with Crippen LogP contribution in [0.4, 0.5) is 0 Å². The predicted molar refractivity (Wildman–Crippen MR) is 41.4 cm³/mol. The molecule has 11 heavy (non-hydrogen) atoms. The maximum absolute atomic E-state index is 10.5. The summed E-state index contributed by atoms with van der Waals surface area (Å²) >= 11 is 5.47. The van der Waals surface area contributed by atoms with Crippen LogP contribution in [-0.4, -0.2) is 16.4 Å². The van der Waals surface area contributed by atoms with Gasteiger partial charge in [0.1, 0.15) is 10.8 Å². The van der Waals surface area contributed by atoms with E-state index in [1.165, 1.54) is 6.07 Å². The molecule has 1 heterocycles. The fraction of sp³-hybridized carbons (Fsp3) is 0. The van der Waals surface area contributed by atoms with Crippen LogP contribution < -0.4 is 5.73 Å². The maximum atomic E-state index is 10.5. The highest BCUT2D eigenvalue weighted by atomic mass is 35.5. The van der Waals surface area contributed by atoms with E-state index in [1.807, 2.05) is 0 Å². The molecule has 0 unspecified atom stereocenters. The fourth-order valence-electron chi connectivity index (χ4n) is 0.545. The Balaban J connectivity index is 0.000001000. The van der Waals surface area contributed by atoms with Crippen molar-refractivity contribution >= 4 is 17.5 Å². The second kappa shape index (κ2) is 3.90. The topological polar surface area (TPSA) is 87.5 Å². The fourth-order valence-corrected chi connectivity index (χ4v) is 0.709. The van der Waals surface area contributed by atoms with Crippen molar-refractivity contribution in [2.75, 3.05) is 0 Å². The van der Waals surface area contributed by atoms with Crippen molar-refractivity contribution in [3.63, 3.8) is 0 Å². The lowest BCUT2D eigenvalue weighted by atomic mass is 10.3. The Bertz CT molecular complexity index is 265. The van der Waals surface area contributed by atoms with Crippen molar-refractivity contribution in [3.05, 3.63) is 29.0 Å². The molecule has 0 bridgehead atoms. The summed E-state index contributed by atoms with van der Waals surface area (Å²) in [4.78, 5) is 14.1. The van der Waals surface area contributed by atoms with Crippen LogP contribution in [0.2, 0.25) is 5.15 Å². The molecule has 60 valence electrons. The van der Waals surface area contributed by atoms with Crippen molar-refractivity contribution in [1.29, 1.82) is 0 Å². The Morgan fingerprint density at radius 3 is 2.55 bits per heavy atom. The highest BCUT2D eigenvalue weighted by Crippen LogP contribution is 2.03. The molecule has 4 nitrogen and oxygen atoms in total.